The summed E-state index contributed by atoms with van der Waals surface area (Å²) in [6, 6.07) is 11.5. The number of anilines is 1. The van der Waals surface area contributed by atoms with E-state index in [-0.39, 0.29) is 24.2 Å². The average Bonchev–Trinajstić information content (AvgIpc) is 3.38. The molecule has 0 radical (unpaired) electrons. The van der Waals surface area contributed by atoms with E-state index in [0.29, 0.717) is 18.5 Å². The van der Waals surface area contributed by atoms with Gasteiger partial charge in [0, 0.05) is 10.2 Å². The largest absolute Gasteiger partial charge is 0.346 e. The number of benzene rings is 2. The number of rotatable bonds is 5. The van der Waals surface area contributed by atoms with Crippen LogP contribution in [0.15, 0.2) is 46.9 Å². The second kappa shape index (κ2) is 6.96. The highest BCUT2D eigenvalue weighted by Gasteiger charge is 2.51. The van der Waals surface area contributed by atoms with E-state index in [4.69, 9.17) is 0 Å². The second-order valence-corrected chi connectivity index (χ2v) is 7.14. The molecule has 1 fully saturated rings. The first kappa shape index (κ1) is 17.6. The lowest BCUT2D eigenvalue weighted by Gasteiger charge is -2.16. The van der Waals surface area contributed by atoms with Crippen LogP contribution in [0.25, 0.3) is 0 Å². The number of hydrogen-bond acceptors (Lipinski definition) is 2. The van der Waals surface area contributed by atoms with Gasteiger partial charge < -0.3 is 10.6 Å². The van der Waals surface area contributed by atoms with E-state index < -0.39 is 5.41 Å². The van der Waals surface area contributed by atoms with E-state index in [1.807, 2.05) is 19.1 Å². The molecule has 130 valence electrons. The molecule has 1 aliphatic rings. The Balaban J connectivity index is 1.57. The molecule has 2 N–H and O–H groups in total. The molecule has 3 rings (SSSR count). The molecule has 0 aromatic heterocycles. The van der Waals surface area contributed by atoms with Gasteiger partial charge in [0.1, 0.15) is 5.82 Å². The Morgan fingerprint density at radius 3 is 2.44 bits per heavy atom. The molecule has 2 aromatic carbocycles. The fourth-order valence-electron chi connectivity index (χ4n) is 2.80. The summed E-state index contributed by atoms with van der Waals surface area (Å²) in [5.74, 6) is -0.810. The van der Waals surface area contributed by atoms with E-state index in [1.165, 1.54) is 12.1 Å². The van der Waals surface area contributed by atoms with Gasteiger partial charge in [-0.1, -0.05) is 28.1 Å². The highest BCUT2D eigenvalue weighted by Crippen LogP contribution is 2.48. The molecule has 0 bridgehead atoms. The van der Waals surface area contributed by atoms with Gasteiger partial charge in [-0.25, -0.2) is 4.39 Å². The van der Waals surface area contributed by atoms with Gasteiger partial charge in [-0.15, -0.1) is 0 Å². The zero-order chi connectivity index (χ0) is 18.0. The number of hydrogen-bond donors (Lipinski definition) is 2. The van der Waals surface area contributed by atoms with Gasteiger partial charge in [-0.2, -0.15) is 0 Å². The van der Waals surface area contributed by atoms with Gasteiger partial charge >= 0.3 is 0 Å². The predicted octanol–water partition coefficient (Wildman–Crippen LogP) is 3.68. The zero-order valence-electron chi connectivity index (χ0n) is 13.7. The predicted molar refractivity (Wildman–Crippen MR) is 97.8 cm³/mol. The Morgan fingerprint density at radius 2 is 1.84 bits per heavy atom. The molecule has 4 nitrogen and oxygen atoms in total. The summed E-state index contributed by atoms with van der Waals surface area (Å²) in [6.07, 6.45) is 1.41. The van der Waals surface area contributed by atoms with E-state index >= 15 is 0 Å². The lowest BCUT2D eigenvalue weighted by molar-refractivity contribution is -0.126. The van der Waals surface area contributed by atoms with Crippen LogP contribution < -0.4 is 10.6 Å². The zero-order valence-corrected chi connectivity index (χ0v) is 15.3. The molecule has 0 saturated heterocycles. The van der Waals surface area contributed by atoms with Crippen LogP contribution in [0.2, 0.25) is 0 Å². The van der Waals surface area contributed by atoms with E-state index in [9.17, 15) is 14.0 Å². The van der Waals surface area contributed by atoms with Crippen LogP contribution in [-0.2, 0) is 15.0 Å². The maximum atomic E-state index is 13.1. The number of amides is 2. The Kier molecular flexibility index (Phi) is 4.90. The molecule has 1 aliphatic carbocycles. The van der Waals surface area contributed by atoms with Gasteiger partial charge in [-0.05, 0) is 61.2 Å². The molecule has 0 unspecified atom stereocenters. The molecular formula is C19H18BrFN2O2. The summed E-state index contributed by atoms with van der Waals surface area (Å²) in [5.41, 5.74) is 1.85. The summed E-state index contributed by atoms with van der Waals surface area (Å²) < 4.78 is 14.0. The highest BCUT2D eigenvalue weighted by molar-refractivity contribution is 9.10. The van der Waals surface area contributed by atoms with Crippen molar-refractivity contribution in [1.29, 1.82) is 0 Å². The molecule has 0 spiro atoms. The van der Waals surface area contributed by atoms with Crippen molar-refractivity contribution in [2.24, 2.45) is 0 Å². The average molecular weight is 405 g/mol. The Morgan fingerprint density at radius 1 is 1.16 bits per heavy atom. The quantitative estimate of drug-likeness (QED) is 0.798. The Bertz CT molecular complexity index is 817. The Labute approximate surface area is 153 Å². The molecule has 1 saturated carbocycles. The van der Waals surface area contributed by atoms with Crippen LogP contribution in [0.5, 0.6) is 0 Å². The minimum Gasteiger partial charge on any atom is -0.346 e. The van der Waals surface area contributed by atoms with Crippen LogP contribution in [-0.4, -0.2) is 18.4 Å². The first-order chi connectivity index (χ1) is 11.9. The van der Waals surface area contributed by atoms with Crippen LogP contribution in [0.4, 0.5) is 10.1 Å². The lowest BCUT2D eigenvalue weighted by atomic mass is 9.95. The molecule has 25 heavy (non-hydrogen) atoms. The summed E-state index contributed by atoms with van der Waals surface area (Å²) in [5, 5.41) is 5.45. The number of halogens is 2. The van der Waals surface area contributed by atoms with Gasteiger partial charge in [-0.3, -0.25) is 9.59 Å². The lowest BCUT2D eigenvalue weighted by Crippen LogP contribution is -2.39. The first-order valence-corrected chi connectivity index (χ1v) is 8.80. The van der Waals surface area contributed by atoms with Crippen LogP contribution >= 0.6 is 15.9 Å². The fourth-order valence-corrected chi connectivity index (χ4v) is 3.04. The monoisotopic (exact) mass is 404 g/mol. The number of nitrogens with one attached hydrogen (secondary N) is 2. The molecule has 0 heterocycles. The van der Waals surface area contributed by atoms with Gasteiger partial charge in [0.25, 0.3) is 0 Å². The normalized spacial score (nSPS) is 14.7. The summed E-state index contributed by atoms with van der Waals surface area (Å²) in [6.45, 7) is 1.83. The summed E-state index contributed by atoms with van der Waals surface area (Å²) >= 11 is 3.41. The van der Waals surface area contributed by atoms with Crippen molar-refractivity contribution in [3.63, 3.8) is 0 Å². The van der Waals surface area contributed by atoms with Crippen molar-refractivity contribution in [1.82, 2.24) is 5.32 Å². The maximum Gasteiger partial charge on any atom is 0.243 e. The van der Waals surface area contributed by atoms with Crippen molar-refractivity contribution >= 4 is 33.4 Å². The fraction of sp³-hybridized carbons (Fsp3) is 0.263. The number of carbonyl (C=O) groups is 2. The Hall–Kier alpha value is -2.21. The second-order valence-electron chi connectivity index (χ2n) is 6.28. The summed E-state index contributed by atoms with van der Waals surface area (Å²) in [4.78, 5) is 24.5. The first-order valence-electron chi connectivity index (χ1n) is 8.01. The van der Waals surface area contributed by atoms with Gasteiger partial charge in [0.2, 0.25) is 11.8 Å². The van der Waals surface area contributed by atoms with Gasteiger partial charge in [0.15, 0.2) is 0 Å². The van der Waals surface area contributed by atoms with Crippen LogP contribution in [0, 0.1) is 12.7 Å². The van der Waals surface area contributed by atoms with E-state index in [2.05, 4.69) is 26.6 Å². The number of aryl methyl sites for hydroxylation is 1. The van der Waals surface area contributed by atoms with Crippen molar-refractivity contribution in [2.45, 2.75) is 25.2 Å². The van der Waals surface area contributed by atoms with Gasteiger partial charge in [0.05, 0.1) is 12.0 Å². The van der Waals surface area contributed by atoms with Crippen LogP contribution in [0.1, 0.15) is 24.0 Å². The van der Waals surface area contributed by atoms with Crippen LogP contribution in [0.3, 0.4) is 0 Å². The smallest absolute Gasteiger partial charge is 0.243 e. The maximum absolute atomic E-state index is 13.1. The molecule has 2 amide bonds. The third-order valence-corrected chi connectivity index (χ3v) is 5.32. The summed E-state index contributed by atoms with van der Waals surface area (Å²) in [7, 11) is 0. The molecular weight excluding hydrogens is 387 g/mol. The third-order valence-electron chi connectivity index (χ3n) is 4.43. The van der Waals surface area contributed by atoms with Crippen molar-refractivity contribution in [3.8, 4) is 0 Å². The molecule has 2 aromatic rings. The minimum absolute atomic E-state index is 0.100. The van der Waals surface area contributed by atoms with Crippen molar-refractivity contribution in [3.05, 3.63) is 63.9 Å². The molecule has 6 heteroatoms. The topological polar surface area (TPSA) is 58.2 Å². The SMILES string of the molecule is Cc1cc(NC(=O)CNC(=O)C2(c3ccc(F)cc3)CC2)ccc1Br. The van der Waals surface area contributed by atoms with E-state index in [1.54, 1.807) is 18.2 Å². The molecule has 0 aliphatic heterocycles. The highest BCUT2D eigenvalue weighted by atomic mass is 79.9. The van der Waals surface area contributed by atoms with Crippen molar-refractivity contribution in [2.75, 3.05) is 11.9 Å². The minimum atomic E-state index is -0.623. The van der Waals surface area contributed by atoms with Crippen molar-refractivity contribution < 1.29 is 14.0 Å². The third kappa shape index (κ3) is 3.90. The molecule has 0 atom stereocenters. The van der Waals surface area contributed by atoms with E-state index in [0.717, 1.165) is 15.6 Å². The number of carbonyl (C=O) groups excluding carboxylic acids is 2. The standard InChI is InChI=1S/C19H18BrFN2O2/c1-12-10-15(6-7-16(12)20)23-17(24)11-22-18(25)19(8-9-19)13-2-4-14(21)5-3-13/h2-7,10H,8-9,11H2,1H3,(H,22,25)(H,23,24).